The molecule has 0 radical (unpaired) electrons. The summed E-state index contributed by atoms with van der Waals surface area (Å²) in [4.78, 5) is 11.9. The number of hydrogen-bond acceptors (Lipinski definition) is 3. The molecule has 6 heteroatoms. The minimum absolute atomic E-state index is 0.302. The number of halogens is 2. The third kappa shape index (κ3) is 4.78. The molecular weight excluding hydrogens is 358 g/mol. The molecule has 1 aromatic carbocycles. The Morgan fingerprint density at radius 3 is 2.48 bits per heavy atom. The van der Waals surface area contributed by atoms with Crippen LogP contribution in [0, 0.1) is 6.92 Å². The number of carbonyl (C=O) groups excluding carboxylic acids is 1. The van der Waals surface area contributed by atoms with E-state index < -0.39 is 11.7 Å². The molecule has 0 fully saturated rings. The van der Waals surface area contributed by atoms with Crippen molar-refractivity contribution in [3.05, 3.63) is 26.7 Å². The minimum atomic E-state index is -0.542. The van der Waals surface area contributed by atoms with Gasteiger partial charge in [-0.05, 0) is 62.2 Å². The molecule has 1 aromatic rings. The molecule has 118 valence electrons. The van der Waals surface area contributed by atoms with Gasteiger partial charge in [-0.25, -0.2) is 4.79 Å². The number of methoxy groups -OCH3 is 1. The molecular formula is C15H21BrClNO3. The summed E-state index contributed by atoms with van der Waals surface area (Å²) in [5, 5.41) is 3.39. The predicted molar refractivity (Wildman–Crippen MR) is 88.2 cm³/mol. The van der Waals surface area contributed by atoms with Crippen molar-refractivity contribution in [1.82, 2.24) is 5.32 Å². The maximum absolute atomic E-state index is 11.9. The Bertz CT molecular complexity index is 541. The van der Waals surface area contributed by atoms with E-state index in [0.717, 1.165) is 15.6 Å². The van der Waals surface area contributed by atoms with Crippen LogP contribution in [0.1, 0.15) is 44.9 Å². The number of rotatable bonds is 3. The van der Waals surface area contributed by atoms with Crippen molar-refractivity contribution in [3.63, 3.8) is 0 Å². The van der Waals surface area contributed by atoms with Gasteiger partial charge in [0.05, 0.1) is 17.6 Å². The quantitative estimate of drug-likeness (QED) is 0.804. The lowest BCUT2D eigenvalue weighted by atomic mass is 10.0. The Kier molecular flexibility index (Phi) is 5.93. The number of carbonyl (C=O) groups is 1. The van der Waals surface area contributed by atoms with Gasteiger partial charge in [0.1, 0.15) is 11.4 Å². The van der Waals surface area contributed by atoms with Crippen molar-refractivity contribution in [3.8, 4) is 5.75 Å². The van der Waals surface area contributed by atoms with Gasteiger partial charge in [0, 0.05) is 10.6 Å². The van der Waals surface area contributed by atoms with Crippen LogP contribution < -0.4 is 10.1 Å². The van der Waals surface area contributed by atoms with E-state index in [1.807, 2.05) is 34.6 Å². The van der Waals surface area contributed by atoms with Crippen molar-refractivity contribution < 1.29 is 14.3 Å². The number of amides is 1. The highest BCUT2D eigenvalue weighted by Crippen LogP contribution is 2.39. The molecule has 0 aliphatic rings. The van der Waals surface area contributed by atoms with E-state index in [2.05, 4.69) is 21.2 Å². The molecule has 1 amide bonds. The van der Waals surface area contributed by atoms with Gasteiger partial charge in [0.15, 0.2) is 0 Å². The average Bonchev–Trinajstić information content (AvgIpc) is 2.33. The fourth-order valence-corrected chi connectivity index (χ4v) is 2.73. The summed E-state index contributed by atoms with van der Waals surface area (Å²) in [5.74, 6) is 0.653. The van der Waals surface area contributed by atoms with Crippen LogP contribution in [0.3, 0.4) is 0 Å². The molecule has 1 atom stereocenters. The van der Waals surface area contributed by atoms with E-state index in [1.165, 1.54) is 0 Å². The number of hydrogen-bond donors (Lipinski definition) is 1. The summed E-state index contributed by atoms with van der Waals surface area (Å²) < 4.78 is 11.5. The van der Waals surface area contributed by atoms with Crippen LogP contribution in [-0.4, -0.2) is 18.8 Å². The molecule has 1 N–H and O–H groups in total. The molecule has 0 bridgehead atoms. The number of nitrogens with one attached hydrogen (secondary N) is 1. The molecule has 0 aromatic heterocycles. The normalized spacial score (nSPS) is 12.8. The second kappa shape index (κ2) is 6.88. The van der Waals surface area contributed by atoms with Crippen LogP contribution in [0.4, 0.5) is 4.79 Å². The third-order valence-corrected chi connectivity index (χ3v) is 4.18. The van der Waals surface area contributed by atoms with Crippen LogP contribution in [0.2, 0.25) is 5.02 Å². The van der Waals surface area contributed by atoms with E-state index >= 15 is 0 Å². The zero-order valence-electron chi connectivity index (χ0n) is 13.1. The summed E-state index contributed by atoms with van der Waals surface area (Å²) >= 11 is 9.68. The predicted octanol–water partition coefficient (Wildman–Crippen LogP) is 5.01. The largest absolute Gasteiger partial charge is 0.495 e. The van der Waals surface area contributed by atoms with Crippen LogP contribution in [0.25, 0.3) is 0 Å². The van der Waals surface area contributed by atoms with Gasteiger partial charge >= 0.3 is 6.09 Å². The molecule has 0 aliphatic heterocycles. The first-order valence-electron chi connectivity index (χ1n) is 6.58. The van der Waals surface area contributed by atoms with Crippen LogP contribution in [-0.2, 0) is 4.74 Å². The van der Waals surface area contributed by atoms with Crippen molar-refractivity contribution >= 4 is 33.6 Å². The van der Waals surface area contributed by atoms with Gasteiger partial charge in [0.2, 0.25) is 0 Å². The number of alkyl carbamates (subject to hydrolysis) is 1. The Morgan fingerprint density at radius 2 is 2.00 bits per heavy atom. The molecule has 0 saturated carbocycles. The lowest BCUT2D eigenvalue weighted by Crippen LogP contribution is -2.34. The lowest BCUT2D eigenvalue weighted by molar-refractivity contribution is 0.0507. The Balaban J connectivity index is 3.03. The highest BCUT2D eigenvalue weighted by molar-refractivity contribution is 9.10. The highest BCUT2D eigenvalue weighted by Gasteiger charge is 2.22. The smallest absolute Gasteiger partial charge is 0.408 e. The Hall–Kier alpha value is -0.940. The average molecular weight is 379 g/mol. The minimum Gasteiger partial charge on any atom is -0.495 e. The standard InChI is InChI=1S/C15H21BrClNO3/c1-8-11(17)7-10(13(20-6)12(8)16)9(2)18-14(19)21-15(3,4)5/h7,9H,1-6H3,(H,18,19)/t9-/m0/s1. The first kappa shape index (κ1) is 18.1. The van der Waals surface area contributed by atoms with E-state index in [9.17, 15) is 4.79 Å². The summed E-state index contributed by atoms with van der Waals surface area (Å²) in [6.45, 7) is 9.19. The highest BCUT2D eigenvalue weighted by atomic mass is 79.9. The topological polar surface area (TPSA) is 47.6 Å². The van der Waals surface area contributed by atoms with Gasteiger partial charge in [-0.1, -0.05) is 11.6 Å². The van der Waals surface area contributed by atoms with E-state index in [0.29, 0.717) is 10.8 Å². The van der Waals surface area contributed by atoms with Gasteiger partial charge in [-0.2, -0.15) is 0 Å². The van der Waals surface area contributed by atoms with Crippen LogP contribution in [0.15, 0.2) is 10.5 Å². The molecule has 1 rings (SSSR count). The maximum atomic E-state index is 11.9. The number of ether oxygens (including phenoxy) is 2. The fraction of sp³-hybridized carbons (Fsp3) is 0.533. The monoisotopic (exact) mass is 377 g/mol. The van der Waals surface area contributed by atoms with E-state index in [4.69, 9.17) is 21.1 Å². The van der Waals surface area contributed by atoms with Gasteiger partial charge < -0.3 is 14.8 Å². The van der Waals surface area contributed by atoms with Crippen molar-refractivity contribution in [1.29, 1.82) is 0 Å². The molecule has 4 nitrogen and oxygen atoms in total. The number of benzene rings is 1. The molecule has 0 aliphatic carbocycles. The summed E-state index contributed by atoms with van der Waals surface area (Å²) in [6.07, 6.45) is -0.482. The van der Waals surface area contributed by atoms with Crippen molar-refractivity contribution in [2.45, 2.75) is 46.3 Å². The van der Waals surface area contributed by atoms with Crippen LogP contribution >= 0.6 is 27.5 Å². The lowest BCUT2D eigenvalue weighted by Gasteiger charge is -2.23. The Labute approximate surface area is 139 Å². The maximum Gasteiger partial charge on any atom is 0.408 e. The third-order valence-electron chi connectivity index (χ3n) is 2.84. The molecule has 21 heavy (non-hydrogen) atoms. The molecule has 0 saturated heterocycles. The van der Waals surface area contributed by atoms with Gasteiger partial charge in [-0.15, -0.1) is 0 Å². The van der Waals surface area contributed by atoms with Gasteiger partial charge in [0.25, 0.3) is 0 Å². The second-order valence-electron chi connectivity index (χ2n) is 5.79. The first-order valence-corrected chi connectivity index (χ1v) is 7.76. The zero-order chi connectivity index (χ0) is 16.4. The Morgan fingerprint density at radius 1 is 1.43 bits per heavy atom. The summed E-state index contributed by atoms with van der Waals surface area (Å²) in [6, 6.07) is 1.49. The summed E-state index contributed by atoms with van der Waals surface area (Å²) in [7, 11) is 1.58. The van der Waals surface area contributed by atoms with Gasteiger partial charge in [-0.3, -0.25) is 0 Å². The van der Waals surface area contributed by atoms with Crippen LogP contribution in [0.5, 0.6) is 5.75 Å². The molecule has 0 heterocycles. The SMILES string of the molecule is COc1c([C@H](C)NC(=O)OC(C)(C)C)cc(Cl)c(C)c1Br. The second-order valence-corrected chi connectivity index (χ2v) is 6.99. The fourth-order valence-electron chi connectivity index (χ4n) is 1.80. The van der Waals surface area contributed by atoms with Crippen molar-refractivity contribution in [2.24, 2.45) is 0 Å². The summed E-state index contributed by atoms with van der Waals surface area (Å²) in [5.41, 5.74) is 1.13. The van der Waals surface area contributed by atoms with Crippen molar-refractivity contribution in [2.75, 3.05) is 7.11 Å². The first-order chi connectivity index (χ1) is 9.56. The van der Waals surface area contributed by atoms with E-state index in [1.54, 1.807) is 13.2 Å². The molecule has 0 spiro atoms. The zero-order valence-corrected chi connectivity index (χ0v) is 15.5. The molecule has 0 unspecified atom stereocenters. The van der Waals surface area contributed by atoms with E-state index in [-0.39, 0.29) is 6.04 Å².